The number of ether oxygens (including phenoxy) is 3. The number of carbonyl (C=O) groups excluding carboxylic acids is 1. The second-order valence-electron chi connectivity index (χ2n) is 11.8. The number of hydrogen-bond acceptors (Lipinski definition) is 6. The number of carbonyl (C=O) groups is 1. The Labute approximate surface area is 226 Å². The minimum Gasteiger partial charge on any atom is -0.493 e. The maximum Gasteiger partial charge on any atom is 0.308 e. The summed E-state index contributed by atoms with van der Waals surface area (Å²) < 4.78 is 22.6. The monoisotopic (exact) mass is 534 g/mol. The number of esters is 1. The van der Waals surface area contributed by atoms with E-state index < -0.39 is 14.6 Å². The molecule has 0 aromatic heterocycles. The summed E-state index contributed by atoms with van der Waals surface area (Å²) in [5, 5.41) is 11.1. The Morgan fingerprint density at radius 3 is 2.49 bits per heavy atom. The van der Waals surface area contributed by atoms with E-state index in [2.05, 4.69) is 52.1 Å². The van der Waals surface area contributed by atoms with E-state index in [1.807, 2.05) is 12.1 Å². The maximum atomic E-state index is 12.0. The van der Waals surface area contributed by atoms with Gasteiger partial charge in [-0.05, 0) is 93.5 Å². The zero-order valence-corrected chi connectivity index (χ0v) is 25.5. The zero-order valence-electron chi connectivity index (χ0n) is 24.3. The molecule has 1 aliphatic rings. The standard InChI is InChI=1S/C30H50O6Si/c1-9-35-28(31)21-30(32)18-10-11-22(20-30)12-14-24(29(2,3)4)15-17-25(36-37(7)8)23-13-16-26(33-5)27(19-23)34-6/h12-14,16,19,22,24-25,32,37H,9-11,15,17-18,20-21H2,1-8H3. The molecular formula is C30H50O6Si. The molecule has 37 heavy (non-hydrogen) atoms. The summed E-state index contributed by atoms with van der Waals surface area (Å²) in [4.78, 5) is 12.0. The Bertz CT molecular complexity index is 877. The van der Waals surface area contributed by atoms with Crippen LogP contribution in [0.3, 0.4) is 0 Å². The molecule has 1 fully saturated rings. The van der Waals surface area contributed by atoms with Crippen molar-refractivity contribution in [3.8, 4) is 11.5 Å². The molecule has 0 saturated heterocycles. The first-order valence-electron chi connectivity index (χ1n) is 13.8. The van der Waals surface area contributed by atoms with Crippen LogP contribution in [0.25, 0.3) is 0 Å². The molecule has 0 radical (unpaired) electrons. The Kier molecular flexibility index (Phi) is 12.2. The first-order valence-corrected chi connectivity index (χ1v) is 16.6. The molecule has 6 nitrogen and oxygen atoms in total. The van der Waals surface area contributed by atoms with Crippen LogP contribution in [0.15, 0.2) is 30.4 Å². The van der Waals surface area contributed by atoms with E-state index in [1.54, 1.807) is 21.1 Å². The van der Waals surface area contributed by atoms with Crippen molar-refractivity contribution in [1.82, 2.24) is 0 Å². The molecule has 4 unspecified atom stereocenters. The van der Waals surface area contributed by atoms with E-state index in [4.69, 9.17) is 18.6 Å². The second kappa shape index (κ2) is 14.4. The predicted molar refractivity (Wildman–Crippen MR) is 152 cm³/mol. The number of rotatable bonds is 13. The van der Waals surface area contributed by atoms with E-state index in [-0.39, 0.29) is 29.8 Å². The lowest BCUT2D eigenvalue weighted by Crippen LogP contribution is -2.37. The second-order valence-corrected chi connectivity index (χ2v) is 14.2. The number of hydrogen-bond donors (Lipinski definition) is 1. The summed E-state index contributed by atoms with van der Waals surface area (Å²) in [6, 6.07) is 6.07. The average molecular weight is 535 g/mol. The minimum absolute atomic E-state index is 0.00840. The Morgan fingerprint density at radius 2 is 1.89 bits per heavy atom. The summed E-state index contributed by atoms with van der Waals surface area (Å²) in [5.74, 6) is 1.75. The molecule has 1 aromatic carbocycles. The third-order valence-electron chi connectivity index (χ3n) is 7.32. The summed E-state index contributed by atoms with van der Waals surface area (Å²) in [6.07, 6.45) is 9.83. The van der Waals surface area contributed by atoms with Crippen molar-refractivity contribution in [2.45, 2.75) is 97.4 Å². The van der Waals surface area contributed by atoms with Crippen LogP contribution in [-0.4, -0.2) is 46.5 Å². The SMILES string of the molecule is CCOC(=O)CC1(O)CCCC(C=CC(CCC(O[SiH](C)C)c2ccc(OC)c(OC)c2)C(C)(C)C)C1. The van der Waals surface area contributed by atoms with Gasteiger partial charge in [0.2, 0.25) is 0 Å². The van der Waals surface area contributed by atoms with Crippen LogP contribution in [0, 0.1) is 17.3 Å². The predicted octanol–water partition coefficient (Wildman–Crippen LogP) is 6.62. The largest absolute Gasteiger partial charge is 0.493 e. The topological polar surface area (TPSA) is 74.2 Å². The lowest BCUT2D eigenvalue weighted by atomic mass is 9.74. The third kappa shape index (κ3) is 10.1. The smallest absolute Gasteiger partial charge is 0.308 e. The van der Waals surface area contributed by atoms with Crippen LogP contribution in [-0.2, 0) is 14.0 Å². The van der Waals surface area contributed by atoms with Crippen molar-refractivity contribution < 1.29 is 28.5 Å². The van der Waals surface area contributed by atoms with Gasteiger partial charge in [-0.25, -0.2) is 0 Å². The molecule has 0 heterocycles. The minimum atomic E-state index is -1.27. The molecule has 1 aliphatic carbocycles. The summed E-state index contributed by atoms with van der Waals surface area (Å²) in [5.41, 5.74) is 0.237. The molecule has 0 aliphatic heterocycles. The summed E-state index contributed by atoms with van der Waals surface area (Å²) >= 11 is 0. The van der Waals surface area contributed by atoms with E-state index in [0.717, 1.165) is 42.7 Å². The first kappa shape index (κ1) is 31.4. The highest BCUT2D eigenvalue weighted by atomic mass is 28.3. The van der Waals surface area contributed by atoms with E-state index in [0.29, 0.717) is 25.4 Å². The fourth-order valence-corrected chi connectivity index (χ4v) is 6.28. The van der Waals surface area contributed by atoms with Crippen LogP contribution in [0.1, 0.15) is 84.3 Å². The molecule has 1 N–H and O–H groups in total. The summed E-state index contributed by atoms with van der Waals surface area (Å²) in [7, 11) is 2.04. The normalized spacial score (nSPS) is 22.2. The van der Waals surface area contributed by atoms with Gasteiger partial charge in [-0.3, -0.25) is 4.79 Å². The Hall–Kier alpha value is -1.83. The van der Waals surface area contributed by atoms with Crippen LogP contribution in [0.2, 0.25) is 13.1 Å². The van der Waals surface area contributed by atoms with Gasteiger partial charge >= 0.3 is 5.97 Å². The number of benzene rings is 1. The van der Waals surface area contributed by atoms with Crippen LogP contribution in [0.4, 0.5) is 0 Å². The first-order chi connectivity index (χ1) is 17.4. The molecule has 210 valence electrons. The van der Waals surface area contributed by atoms with Gasteiger partial charge in [-0.1, -0.05) is 39.0 Å². The van der Waals surface area contributed by atoms with Crippen LogP contribution in [0.5, 0.6) is 11.5 Å². The highest BCUT2D eigenvalue weighted by molar-refractivity contribution is 6.48. The van der Waals surface area contributed by atoms with E-state index in [1.165, 1.54) is 0 Å². The molecular weight excluding hydrogens is 484 g/mol. The van der Waals surface area contributed by atoms with Gasteiger partial charge < -0.3 is 23.7 Å². The molecule has 2 rings (SSSR count). The van der Waals surface area contributed by atoms with Crippen LogP contribution < -0.4 is 9.47 Å². The highest BCUT2D eigenvalue weighted by Crippen LogP contribution is 2.39. The van der Waals surface area contributed by atoms with Gasteiger partial charge in [0.15, 0.2) is 20.5 Å². The highest BCUT2D eigenvalue weighted by Gasteiger charge is 2.36. The van der Waals surface area contributed by atoms with Gasteiger partial charge in [0.25, 0.3) is 0 Å². The van der Waals surface area contributed by atoms with Gasteiger partial charge in [-0.15, -0.1) is 0 Å². The molecule has 4 atom stereocenters. The maximum absolute atomic E-state index is 12.0. The number of methoxy groups -OCH3 is 2. The fourth-order valence-electron chi connectivity index (χ4n) is 5.33. The van der Waals surface area contributed by atoms with Gasteiger partial charge in [0.05, 0.1) is 39.0 Å². The average Bonchev–Trinajstić information content (AvgIpc) is 2.81. The fraction of sp³-hybridized carbons (Fsp3) is 0.700. The van der Waals surface area contributed by atoms with Gasteiger partial charge in [-0.2, -0.15) is 0 Å². The van der Waals surface area contributed by atoms with Crippen molar-refractivity contribution in [3.63, 3.8) is 0 Å². The van der Waals surface area contributed by atoms with Crippen molar-refractivity contribution in [2.75, 3.05) is 20.8 Å². The van der Waals surface area contributed by atoms with Gasteiger partial charge in [0.1, 0.15) is 0 Å². The van der Waals surface area contributed by atoms with Crippen molar-refractivity contribution in [2.24, 2.45) is 17.3 Å². The van der Waals surface area contributed by atoms with Gasteiger partial charge in [0, 0.05) is 0 Å². The van der Waals surface area contributed by atoms with Crippen LogP contribution >= 0.6 is 0 Å². The van der Waals surface area contributed by atoms with Crippen molar-refractivity contribution >= 4 is 15.0 Å². The van der Waals surface area contributed by atoms with E-state index >= 15 is 0 Å². The Balaban J connectivity index is 2.14. The van der Waals surface area contributed by atoms with E-state index in [9.17, 15) is 9.90 Å². The molecule has 0 amide bonds. The Morgan fingerprint density at radius 1 is 1.19 bits per heavy atom. The molecule has 0 bridgehead atoms. The number of aliphatic hydroxyl groups is 1. The van der Waals surface area contributed by atoms with Crippen molar-refractivity contribution in [3.05, 3.63) is 35.9 Å². The molecule has 1 saturated carbocycles. The lowest BCUT2D eigenvalue weighted by molar-refractivity contribution is -0.150. The lowest BCUT2D eigenvalue weighted by Gasteiger charge is -2.36. The van der Waals surface area contributed by atoms with Crippen molar-refractivity contribution in [1.29, 1.82) is 0 Å². The molecule has 1 aromatic rings. The third-order valence-corrected chi connectivity index (χ3v) is 8.19. The molecule has 0 spiro atoms. The number of allylic oxidation sites excluding steroid dienone is 2. The zero-order chi connectivity index (χ0) is 27.6. The summed E-state index contributed by atoms with van der Waals surface area (Å²) in [6.45, 7) is 13.4. The quantitative estimate of drug-likeness (QED) is 0.174. The molecule has 7 heteroatoms.